The zero-order valence-electron chi connectivity index (χ0n) is 16.1. The van der Waals surface area contributed by atoms with E-state index in [0.717, 1.165) is 16.9 Å². The van der Waals surface area contributed by atoms with Gasteiger partial charge in [-0.15, -0.1) is 0 Å². The number of hydrogen-bond donors (Lipinski definition) is 2. The van der Waals surface area contributed by atoms with Gasteiger partial charge in [-0.05, 0) is 49.7 Å². The number of hydrogen-bond acceptors (Lipinski definition) is 4. The van der Waals surface area contributed by atoms with Crippen molar-refractivity contribution in [2.45, 2.75) is 19.0 Å². The molecule has 2 aromatic carbocycles. The molecule has 6 nitrogen and oxygen atoms in total. The van der Waals surface area contributed by atoms with Crippen LogP contribution < -0.4 is 10.9 Å². The fraction of sp³-hybridized carbons (Fsp3) is 0.136. The van der Waals surface area contributed by atoms with E-state index in [-0.39, 0.29) is 17.2 Å². The zero-order valence-corrected chi connectivity index (χ0v) is 16.9. The Balaban J connectivity index is 1.65. The number of nitrogens with zero attached hydrogens (tertiary/aromatic N) is 2. The minimum Gasteiger partial charge on any atom is -0.353 e. The van der Waals surface area contributed by atoms with Gasteiger partial charge in [0.1, 0.15) is 5.52 Å². The number of carbonyl (C=O) groups excluding carboxylic acids is 1. The van der Waals surface area contributed by atoms with Crippen LogP contribution in [-0.2, 0) is 4.79 Å². The zero-order chi connectivity index (χ0) is 20.4. The maximum Gasteiger partial charge on any atom is 0.283 e. The van der Waals surface area contributed by atoms with Gasteiger partial charge in [0.2, 0.25) is 5.91 Å². The lowest BCUT2D eigenvalue weighted by molar-refractivity contribution is -0.113. The quantitative estimate of drug-likeness (QED) is 0.388. The molecule has 2 heterocycles. The Kier molecular flexibility index (Phi) is 5.22. The molecular formula is C22H20N4O2S. The largest absolute Gasteiger partial charge is 0.353 e. The summed E-state index contributed by atoms with van der Waals surface area (Å²) in [6.07, 6.45) is 0. The van der Waals surface area contributed by atoms with E-state index in [1.807, 2.05) is 74.5 Å². The molecule has 1 amide bonds. The molecule has 0 saturated heterocycles. The number of fused-ring (bicyclic) bond motifs is 1. The summed E-state index contributed by atoms with van der Waals surface area (Å²) in [7, 11) is 0. The number of rotatable bonds is 5. The van der Waals surface area contributed by atoms with Crippen molar-refractivity contribution in [1.82, 2.24) is 14.5 Å². The Bertz CT molecular complexity index is 1240. The summed E-state index contributed by atoms with van der Waals surface area (Å²) in [4.78, 5) is 33.3. The normalized spacial score (nSPS) is 11.0. The van der Waals surface area contributed by atoms with Crippen LogP contribution >= 0.6 is 11.8 Å². The van der Waals surface area contributed by atoms with E-state index in [0.29, 0.717) is 21.9 Å². The fourth-order valence-corrected chi connectivity index (χ4v) is 3.94. The van der Waals surface area contributed by atoms with Crippen LogP contribution in [0.5, 0.6) is 0 Å². The monoisotopic (exact) mass is 404 g/mol. The number of aryl methyl sites for hydroxylation is 2. The maximum atomic E-state index is 13.1. The first-order valence-electron chi connectivity index (χ1n) is 9.18. The third-order valence-electron chi connectivity index (χ3n) is 4.40. The van der Waals surface area contributed by atoms with Gasteiger partial charge in [-0.25, -0.2) is 4.98 Å². The summed E-state index contributed by atoms with van der Waals surface area (Å²) in [6, 6.07) is 18.8. The molecule has 0 unspecified atom stereocenters. The number of thioether (sulfide) groups is 1. The molecule has 0 bridgehead atoms. The summed E-state index contributed by atoms with van der Waals surface area (Å²) >= 11 is 1.24. The number of benzene rings is 2. The van der Waals surface area contributed by atoms with Crippen LogP contribution in [0.25, 0.3) is 16.7 Å². The van der Waals surface area contributed by atoms with Crippen molar-refractivity contribution in [3.05, 3.63) is 82.3 Å². The topological polar surface area (TPSA) is 79.8 Å². The Labute approximate surface area is 172 Å². The van der Waals surface area contributed by atoms with E-state index in [4.69, 9.17) is 0 Å². The number of amides is 1. The van der Waals surface area contributed by atoms with Crippen molar-refractivity contribution < 1.29 is 4.79 Å². The second-order valence-corrected chi connectivity index (χ2v) is 7.73. The Morgan fingerprint density at radius 1 is 1.10 bits per heavy atom. The number of para-hydroxylation sites is 1. The van der Waals surface area contributed by atoms with Gasteiger partial charge in [-0.3, -0.25) is 14.2 Å². The average molecular weight is 404 g/mol. The van der Waals surface area contributed by atoms with Gasteiger partial charge in [0, 0.05) is 11.4 Å². The second kappa shape index (κ2) is 7.97. The molecule has 2 aromatic heterocycles. The van der Waals surface area contributed by atoms with Gasteiger partial charge in [-0.1, -0.05) is 42.1 Å². The summed E-state index contributed by atoms with van der Waals surface area (Å²) in [5.41, 5.74) is 4.27. The number of H-pyrrole nitrogens is 1. The van der Waals surface area contributed by atoms with Crippen molar-refractivity contribution in [1.29, 1.82) is 0 Å². The van der Waals surface area contributed by atoms with Crippen molar-refractivity contribution >= 4 is 34.4 Å². The number of anilines is 1. The van der Waals surface area contributed by atoms with Crippen LogP contribution in [0.3, 0.4) is 0 Å². The first kappa shape index (κ1) is 19.0. The summed E-state index contributed by atoms with van der Waals surface area (Å²) in [5.74, 6) is -0.0120. The van der Waals surface area contributed by atoms with Crippen molar-refractivity contribution in [3.63, 3.8) is 0 Å². The summed E-state index contributed by atoms with van der Waals surface area (Å²) in [6.45, 7) is 3.86. The fourth-order valence-electron chi connectivity index (χ4n) is 3.13. The first-order valence-corrected chi connectivity index (χ1v) is 10.2. The molecule has 0 atom stereocenters. The lowest BCUT2D eigenvalue weighted by Crippen LogP contribution is -2.23. The predicted molar refractivity (Wildman–Crippen MR) is 117 cm³/mol. The SMILES string of the molecule is Cc1cccc(NC(=O)CSc2nc3cc(C)[nH]c3c(=O)n2-c2ccccc2)c1. The summed E-state index contributed by atoms with van der Waals surface area (Å²) < 4.78 is 1.54. The standard InChI is InChI=1S/C22H20N4O2S/c1-14-7-6-8-16(11-14)24-19(27)13-29-22-25-18-12-15(2)23-20(18)21(28)26(22)17-9-4-3-5-10-17/h3-12,23H,13H2,1-2H3,(H,24,27). The summed E-state index contributed by atoms with van der Waals surface area (Å²) in [5, 5.41) is 3.37. The molecule has 0 fully saturated rings. The lowest BCUT2D eigenvalue weighted by Gasteiger charge is -2.12. The van der Waals surface area contributed by atoms with E-state index in [1.54, 1.807) is 4.57 Å². The highest BCUT2D eigenvalue weighted by atomic mass is 32.2. The predicted octanol–water partition coefficient (Wildman–Crippen LogP) is 4.06. The van der Waals surface area contributed by atoms with E-state index in [1.165, 1.54) is 11.8 Å². The van der Waals surface area contributed by atoms with E-state index in [9.17, 15) is 9.59 Å². The highest BCUT2D eigenvalue weighted by molar-refractivity contribution is 7.99. The molecule has 0 aliphatic rings. The molecule has 7 heteroatoms. The molecule has 0 aliphatic carbocycles. The van der Waals surface area contributed by atoms with Crippen LogP contribution in [0.2, 0.25) is 0 Å². The van der Waals surface area contributed by atoms with Gasteiger partial charge >= 0.3 is 0 Å². The average Bonchev–Trinajstić information content (AvgIpc) is 3.08. The highest BCUT2D eigenvalue weighted by Crippen LogP contribution is 2.22. The molecule has 0 saturated carbocycles. The van der Waals surface area contributed by atoms with E-state index >= 15 is 0 Å². The minimum atomic E-state index is -0.184. The van der Waals surface area contributed by atoms with Crippen molar-refractivity contribution in [2.75, 3.05) is 11.1 Å². The van der Waals surface area contributed by atoms with Crippen LogP contribution in [0.15, 0.2) is 70.6 Å². The third kappa shape index (κ3) is 4.09. The Hall–Kier alpha value is -3.32. The van der Waals surface area contributed by atoms with E-state index in [2.05, 4.69) is 15.3 Å². The number of aromatic nitrogens is 3. The Morgan fingerprint density at radius 3 is 2.66 bits per heavy atom. The minimum absolute atomic E-state index is 0.141. The van der Waals surface area contributed by atoms with Crippen LogP contribution in [0.4, 0.5) is 5.69 Å². The Morgan fingerprint density at radius 2 is 1.90 bits per heavy atom. The van der Waals surface area contributed by atoms with Crippen LogP contribution in [0.1, 0.15) is 11.3 Å². The number of carbonyl (C=O) groups is 1. The molecule has 0 aliphatic heterocycles. The second-order valence-electron chi connectivity index (χ2n) is 6.79. The van der Waals surface area contributed by atoms with Crippen molar-refractivity contribution in [3.8, 4) is 5.69 Å². The van der Waals surface area contributed by atoms with E-state index < -0.39 is 0 Å². The molecule has 2 N–H and O–H groups in total. The smallest absolute Gasteiger partial charge is 0.283 e. The van der Waals surface area contributed by atoms with Gasteiger partial charge in [-0.2, -0.15) is 0 Å². The highest BCUT2D eigenvalue weighted by Gasteiger charge is 2.16. The van der Waals surface area contributed by atoms with Gasteiger partial charge < -0.3 is 10.3 Å². The van der Waals surface area contributed by atoms with Crippen LogP contribution in [0, 0.1) is 13.8 Å². The molecular weight excluding hydrogens is 384 g/mol. The van der Waals surface area contributed by atoms with Crippen LogP contribution in [-0.4, -0.2) is 26.2 Å². The van der Waals surface area contributed by atoms with Gasteiger partial charge in [0.25, 0.3) is 5.56 Å². The van der Waals surface area contributed by atoms with Gasteiger partial charge in [0.15, 0.2) is 5.16 Å². The first-order chi connectivity index (χ1) is 14.0. The number of nitrogens with one attached hydrogen (secondary N) is 2. The maximum absolute atomic E-state index is 13.1. The molecule has 0 spiro atoms. The molecule has 0 radical (unpaired) electrons. The lowest BCUT2D eigenvalue weighted by atomic mass is 10.2. The third-order valence-corrected chi connectivity index (χ3v) is 5.34. The number of aromatic amines is 1. The molecule has 4 aromatic rings. The molecule has 4 rings (SSSR count). The molecule has 146 valence electrons. The van der Waals surface area contributed by atoms with Crippen molar-refractivity contribution in [2.24, 2.45) is 0 Å². The van der Waals surface area contributed by atoms with Gasteiger partial charge in [0.05, 0.1) is 17.0 Å². The molecule has 29 heavy (non-hydrogen) atoms.